The zero-order chi connectivity index (χ0) is 19.9. The van der Waals surface area contributed by atoms with Gasteiger partial charge in [0.25, 0.3) is 0 Å². The molecular formula is C22H21N7O. The summed E-state index contributed by atoms with van der Waals surface area (Å²) >= 11 is 0. The van der Waals surface area contributed by atoms with Gasteiger partial charge < -0.3 is 4.74 Å². The van der Waals surface area contributed by atoms with Crippen molar-refractivity contribution < 1.29 is 4.74 Å². The molecule has 0 saturated carbocycles. The van der Waals surface area contributed by atoms with E-state index in [1.54, 1.807) is 0 Å². The summed E-state index contributed by atoms with van der Waals surface area (Å²) in [4.78, 5) is 0. The van der Waals surface area contributed by atoms with E-state index in [1.165, 1.54) is 6.42 Å². The van der Waals surface area contributed by atoms with E-state index in [0.717, 1.165) is 64.9 Å². The Hall–Kier alpha value is -3.52. The lowest BCUT2D eigenvalue weighted by molar-refractivity contribution is 0.00429. The van der Waals surface area contributed by atoms with Crippen LogP contribution in [-0.2, 0) is 11.3 Å². The Labute approximate surface area is 172 Å². The minimum Gasteiger partial charge on any atom is -0.376 e. The minimum absolute atomic E-state index is 0.231. The molecule has 150 valence electrons. The lowest BCUT2D eigenvalue weighted by Crippen LogP contribution is -2.25. The van der Waals surface area contributed by atoms with Crippen LogP contribution in [0.3, 0.4) is 0 Å². The number of benzene rings is 2. The summed E-state index contributed by atoms with van der Waals surface area (Å²) in [6, 6.07) is 14.4. The lowest BCUT2D eigenvalue weighted by Gasteiger charge is -2.23. The highest BCUT2D eigenvalue weighted by molar-refractivity contribution is 5.84. The number of ether oxygens (including phenoxy) is 1. The van der Waals surface area contributed by atoms with Crippen molar-refractivity contribution in [3.63, 3.8) is 0 Å². The molecule has 8 heteroatoms. The van der Waals surface area contributed by atoms with Gasteiger partial charge in [-0.3, -0.25) is 9.78 Å². The Balaban J connectivity index is 1.39. The smallest absolute Gasteiger partial charge is 0.113 e. The van der Waals surface area contributed by atoms with Crippen molar-refractivity contribution in [1.29, 1.82) is 0 Å². The van der Waals surface area contributed by atoms with Gasteiger partial charge in [0.15, 0.2) is 0 Å². The maximum absolute atomic E-state index is 5.91. The third kappa shape index (κ3) is 2.96. The highest BCUT2D eigenvalue weighted by Gasteiger charge is 2.17. The first-order valence-corrected chi connectivity index (χ1v) is 10.3. The molecule has 2 aromatic carbocycles. The Morgan fingerprint density at radius 2 is 2.10 bits per heavy atom. The standard InChI is InChI=1S/C22H21N7O/c1-2-10-30-18(3-1)14-28-21(8-9-24-28)15-5-7-19-22(11-15)29(27-26-19)17-6-4-16-13-23-25-20(16)12-17/h4-9,11-13,18H,1-3,10,14H2,(H,23,25). The number of rotatable bonds is 4. The van der Waals surface area contributed by atoms with E-state index in [2.05, 4.69) is 43.8 Å². The zero-order valence-corrected chi connectivity index (χ0v) is 16.4. The molecule has 1 fully saturated rings. The van der Waals surface area contributed by atoms with Gasteiger partial charge in [-0.1, -0.05) is 11.3 Å². The zero-order valence-electron chi connectivity index (χ0n) is 16.4. The van der Waals surface area contributed by atoms with E-state index in [-0.39, 0.29) is 6.10 Å². The van der Waals surface area contributed by atoms with Crippen molar-refractivity contribution in [3.05, 3.63) is 54.9 Å². The number of nitrogens with one attached hydrogen (secondary N) is 1. The van der Waals surface area contributed by atoms with Crippen molar-refractivity contribution in [2.75, 3.05) is 6.61 Å². The van der Waals surface area contributed by atoms with Gasteiger partial charge in [0.1, 0.15) is 5.52 Å². The molecule has 1 N–H and O–H groups in total. The lowest BCUT2D eigenvalue weighted by atomic mass is 10.1. The number of fused-ring (bicyclic) bond motifs is 2. The van der Waals surface area contributed by atoms with Gasteiger partial charge in [-0.25, -0.2) is 4.68 Å². The van der Waals surface area contributed by atoms with E-state index < -0.39 is 0 Å². The first-order chi connectivity index (χ1) is 14.8. The third-order valence-corrected chi connectivity index (χ3v) is 5.78. The van der Waals surface area contributed by atoms with Gasteiger partial charge in [0, 0.05) is 23.8 Å². The summed E-state index contributed by atoms with van der Waals surface area (Å²) in [6.45, 7) is 1.62. The molecule has 6 rings (SSSR count). The van der Waals surface area contributed by atoms with Crippen LogP contribution < -0.4 is 0 Å². The van der Waals surface area contributed by atoms with Crippen molar-refractivity contribution in [2.45, 2.75) is 31.9 Å². The van der Waals surface area contributed by atoms with E-state index in [9.17, 15) is 0 Å². The fourth-order valence-electron chi connectivity index (χ4n) is 4.19. The van der Waals surface area contributed by atoms with Crippen molar-refractivity contribution >= 4 is 21.9 Å². The Bertz CT molecular complexity index is 1330. The third-order valence-electron chi connectivity index (χ3n) is 5.78. The van der Waals surface area contributed by atoms with Crippen LogP contribution in [0.2, 0.25) is 0 Å². The Morgan fingerprint density at radius 3 is 3.03 bits per heavy atom. The highest BCUT2D eigenvalue weighted by Crippen LogP contribution is 2.27. The van der Waals surface area contributed by atoms with Crippen molar-refractivity contribution in [2.24, 2.45) is 0 Å². The maximum atomic E-state index is 5.91. The van der Waals surface area contributed by atoms with Crippen LogP contribution in [0.15, 0.2) is 54.9 Å². The van der Waals surface area contributed by atoms with E-state index in [1.807, 2.05) is 46.0 Å². The Morgan fingerprint density at radius 1 is 1.10 bits per heavy atom. The first-order valence-electron chi connectivity index (χ1n) is 10.3. The number of hydrogen-bond acceptors (Lipinski definition) is 5. The van der Waals surface area contributed by atoms with Crippen LogP contribution in [-0.4, -0.2) is 47.7 Å². The highest BCUT2D eigenvalue weighted by atomic mass is 16.5. The second kappa shape index (κ2) is 7.07. The Kier molecular flexibility index (Phi) is 4.09. The van der Waals surface area contributed by atoms with Crippen LogP contribution in [0.1, 0.15) is 19.3 Å². The first kappa shape index (κ1) is 17.3. The molecule has 5 aromatic rings. The molecule has 30 heavy (non-hydrogen) atoms. The topological polar surface area (TPSA) is 86.4 Å². The van der Waals surface area contributed by atoms with Crippen LogP contribution in [0.5, 0.6) is 0 Å². The predicted molar refractivity (Wildman–Crippen MR) is 113 cm³/mol. The monoisotopic (exact) mass is 399 g/mol. The van der Waals surface area contributed by atoms with Gasteiger partial charge in [-0.15, -0.1) is 5.10 Å². The normalized spacial score (nSPS) is 17.1. The molecule has 1 unspecified atom stereocenters. The van der Waals surface area contributed by atoms with Gasteiger partial charge in [0.2, 0.25) is 0 Å². The maximum Gasteiger partial charge on any atom is 0.113 e. The van der Waals surface area contributed by atoms with Crippen LogP contribution in [0.4, 0.5) is 0 Å². The fraction of sp³-hybridized carbons (Fsp3) is 0.273. The summed E-state index contributed by atoms with van der Waals surface area (Å²) in [5.74, 6) is 0. The van der Waals surface area contributed by atoms with Crippen LogP contribution in [0, 0.1) is 0 Å². The SMILES string of the molecule is c1cc(-c2ccc3nnn(-c4ccc5cn[nH]c5c4)c3c2)n(CC2CCCCO2)n1. The van der Waals surface area contributed by atoms with Crippen LogP contribution in [0.25, 0.3) is 38.9 Å². The molecule has 0 radical (unpaired) electrons. The molecule has 1 atom stereocenters. The second-order valence-electron chi connectivity index (χ2n) is 7.73. The van der Waals surface area contributed by atoms with Gasteiger partial charge >= 0.3 is 0 Å². The largest absolute Gasteiger partial charge is 0.376 e. The van der Waals surface area contributed by atoms with Gasteiger partial charge in [0.05, 0.1) is 41.3 Å². The molecular weight excluding hydrogens is 378 g/mol. The predicted octanol–water partition coefficient (Wildman–Crippen LogP) is 3.73. The average Bonchev–Trinajstić information content (AvgIpc) is 3.52. The molecule has 0 spiro atoms. The average molecular weight is 399 g/mol. The minimum atomic E-state index is 0.231. The summed E-state index contributed by atoms with van der Waals surface area (Å²) in [5, 5.41) is 21.5. The number of nitrogens with zero attached hydrogens (tertiary/aromatic N) is 6. The molecule has 8 nitrogen and oxygen atoms in total. The van der Waals surface area contributed by atoms with Crippen LogP contribution >= 0.6 is 0 Å². The van der Waals surface area contributed by atoms with Gasteiger partial charge in [-0.05, 0) is 55.7 Å². The number of aromatic amines is 1. The van der Waals surface area contributed by atoms with Crippen molar-refractivity contribution in [1.82, 2.24) is 35.0 Å². The van der Waals surface area contributed by atoms with Gasteiger partial charge in [-0.2, -0.15) is 10.2 Å². The molecule has 1 aliphatic rings. The molecule has 3 aromatic heterocycles. The summed E-state index contributed by atoms with van der Waals surface area (Å²) in [5.41, 5.74) is 5.87. The summed E-state index contributed by atoms with van der Waals surface area (Å²) in [6.07, 6.45) is 7.36. The number of H-pyrrole nitrogens is 1. The summed E-state index contributed by atoms with van der Waals surface area (Å²) in [7, 11) is 0. The van der Waals surface area contributed by atoms with E-state index in [0.29, 0.717) is 0 Å². The summed E-state index contributed by atoms with van der Waals surface area (Å²) < 4.78 is 9.82. The molecule has 1 aliphatic heterocycles. The van der Waals surface area contributed by atoms with E-state index >= 15 is 0 Å². The number of hydrogen-bond donors (Lipinski definition) is 1. The molecule has 0 bridgehead atoms. The quantitative estimate of drug-likeness (QED) is 0.498. The fourth-order valence-corrected chi connectivity index (χ4v) is 4.19. The number of aromatic nitrogens is 7. The molecule has 4 heterocycles. The van der Waals surface area contributed by atoms with E-state index in [4.69, 9.17) is 4.74 Å². The second-order valence-corrected chi connectivity index (χ2v) is 7.73. The van der Waals surface area contributed by atoms with Crippen molar-refractivity contribution in [3.8, 4) is 16.9 Å². The molecule has 1 saturated heterocycles. The molecule has 0 amide bonds. The molecule has 0 aliphatic carbocycles.